The van der Waals surface area contributed by atoms with Gasteiger partial charge in [0.1, 0.15) is 0 Å². The van der Waals surface area contributed by atoms with Crippen LogP contribution in [0.25, 0.3) is 0 Å². The topological polar surface area (TPSA) is 58.1 Å². The third-order valence-corrected chi connectivity index (χ3v) is 4.57. The zero-order chi connectivity index (χ0) is 15.5. The van der Waals surface area contributed by atoms with Gasteiger partial charge < -0.3 is 10.2 Å². The van der Waals surface area contributed by atoms with Gasteiger partial charge in [0.2, 0.25) is 5.95 Å². The van der Waals surface area contributed by atoms with Crippen molar-refractivity contribution in [2.24, 2.45) is 0 Å². The van der Waals surface area contributed by atoms with Crippen molar-refractivity contribution < 1.29 is 4.79 Å². The number of aromatic nitrogens is 2. The van der Waals surface area contributed by atoms with Crippen LogP contribution in [0, 0.1) is 6.92 Å². The van der Waals surface area contributed by atoms with Gasteiger partial charge in [-0.1, -0.05) is 22.0 Å². The molecule has 2 aromatic rings. The number of nitrogens with zero attached hydrogens (tertiary/aromatic N) is 3. The number of carbonyl (C=O) groups is 1. The number of aryl methyl sites for hydroxylation is 1. The Morgan fingerprint density at radius 2 is 1.91 bits per heavy atom. The van der Waals surface area contributed by atoms with E-state index >= 15 is 0 Å². The molecular weight excluding hydrogens is 344 g/mol. The van der Waals surface area contributed by atoms with Gasteiger partial charge in [0.25, 0.3) is 5.91 Å². The second-order valence-electron chi connectivity index (χ2n) is 5.38. The Bertz CT molecular complexity index is 681. The minimum atomic E-state index is -0.205. The molecule has 1 fully saturated rings. The second kappa shape index (κ2) is 6.44. The Labute approximate surface area is 137 Å². The van der Waals surface area contributed by atoms with Crippen LogP contribution in [0.1, 0.15) is 28.8 Å². The Kier molecular flexibility index (Phi) is 4.38. The second-order valence-corrected chi connectivity index (χ2v) is 6.24. The van der Waals surface area contributed by atoms with Gasteiger partial charge in [-0.25, -0.2) is 9.97 Å². The molecule has 0 bridgehead atoms. The Morgan fingerprint density at radius 1 is 1.23 bits per heavy atom. The third kappa shape index (κ3) is 3.27. The van der Waals surface area contributed by atoms with Gasteiger partial charge in [0, 0.05) is 35.6 Å². The summed E-state index contributed by atoms with van der Waals surface area (Å²) in [4.78, 5) is 23.0. The van der Waals surface area contributed by atoms with Crippen molar-refractivity contribution in [1.82, 2.24) is 9.97 Å². The minimum absolute atomic E-state index is 0.205. The first-order valence-electron chi connectivity index (χ1n) is 7.28. The fourth-order valence-corrected chi connectivity index (χ4v) is 2.77. The molecule has 1 saturated heterocycles. The first kappa shape index (κ1) is 15.0. The normalized spacial score (nSPS) is 14.2. The average Bonchev–Trinajstić information content (AvgIpc) is 3.05. The van der Waals surface area contributed by atoms with E-state index < -0.39 is 0 Å². The summed E-state index contributed by atoms with van der Waals surface area (Å²) in [7, 11) is 0. The van der Waals surface area contributed by atoms with E-state index in [1.807, 2.05) is 25.1 Å². The molecular formula is C16H17BrN4O. The largest absolute Gasteiger partial charge is 0.341 e. The summed E-state index contributed by atoms with van der Waals surface area (Å²) in [6.07, 6.45) is 5.51. The van der Waals surface area contributed by atoms with Gasteiger partial charge in [0.05, 0.1) is 5.56 Å². The molecule has 0 spiro atoms. The van der Waals surface area contributed by atoms with Gasteiger partial charge in [-0.2, -0.15) is 0 Å². The monoisotopic (exact) mass is 360 g/mol. The summed E-state index contributed by atoms with van der Waals surface area (Å²) in [5.74, 6) is 0.496. The zero-order valence-corrected chi connectivity index (χ0v) is 13.9. The SMILES string of the molecule is Cc1ccc(NC(=O)c2cnc(N3CCCC3)nc2)cc1Br. The minimum Gasteiger partial charge on any atom is -0.341 e. The maximum absolute atomic E-state index is 12.2. The third-order valence-electron chi connectivity index (χ3n) is 3.72. The van der Waals surface area contributed by atoms with Crippen LogP contribution in [0.2, 0.25) is 0 Å². The lowest BCUT2D eigenvalue weighted by Gasteiger charge is -2.14. The van der Waals surface area contributed by atoms with Crippen molar-refractivity contribution in [3.05, 3.63) is 46.2 Å². The number of amides is 1. The lowest BCUT2D eigenvalue weighted by Crippen LogP contribution is -2.21. The number of hydrogen-bond acceptors (Lipinski definition) is 4. The molecule has 114 valence electrons. The number of carbonyl (C=O) groups excluding carboxylic acids is 1. The van der Waals surface area contributed by atoms with Crippen molar-refractivity contribution >= 4 is 33.5 Å². The van der Waals surface area contributed by atoms with E-state index in [1.54, 1.807) is 12.4 Å². The van der Waals surface area contributed by atoms with Crippen molar-refractivity contribution in [1.29, 1.82) is 0 Å². The number of rotatable bonds is 3. The van der Waals surface area contributed by atoms with Crippen LogP contribution < -0.4 is 10.2 Å². The van der Waals surface area contributed by atoms with E-state index in [0.29, 0.717) is 11.5 Å². The van der Waals surface area contributed by atoms with E-state index in [4.69, 9.17) is 0 Å². The average molecular weight is 361 g/mol. The zero-order valence-electron chi connectivity index (χ0n) is 12.3. The smallest absolute Gasteiger partial charge is 0.258 e. The van der Waals surface area contributed by atoms with Crippen LogP contribution in [0.5, 0.6) is 0 Å². The quantitative estimate of drug-likeness (QED) is 0.911. The van der Waals surface area contributed by atoms with E-state index in [2.05, 4.69) is 36.1 Å². The molecule has 1 aromatic carbocycles. The van der Waals surface area contributed by atoms with E-state index in [0.717, 1.165) is 28.8 Å². The maximum atomic E-state index is 12.2. The molecule has 0 unspecified atom stereocenters. The molecule has 5 nitrogen and oxygen atoms in total. The van der Waals surface area contributed by atoms with Crippen LogP contribution in [0.4, 0.5) is 11.6 Å². The molecule has 1 aromatic heterocycles. The Balaban J connectivity index is 1.70. The van der Waals surface area contributed by atoms with Crippen molar-refractivity contribution in [3.8, 4) is 0 Å². The van der Waals surface area contributed by atoms with Gasteiger partial charge in [-0.15, -0.1) is 0 Å². The van der Waals surface area contributed by atoms with Crippen LogP contribution >= 0.6 is 15.9 Å². The summed E-state index contributed by atoms with van der Waals surface area (Å²) < 4.78 is 0.964. The fourth-order valence-electron chi connectivity index (χ4n) is 2.39. The van der Waals surface area contributed by atoms with Crippen LogP contribution in [-0.4, -0.2) is 29.0 Å². The van der Waals surface area contributed by atoms with Crippen molar-refractivity contribution in [3.63, 3.8) is 0 Å². The molecule has 0 atom stereocenters. The van der Waals surface area contributed by atoms with Crippen molar-refractivity contribution in [2.75, 3.05) is 23.3 Å². The highest BCUT2D eigenvalue weighted by atomic mass is 79.9. The molecule has 1 aliphatic rings. The lowest BCUT2D eigenvalue weighted by molar-refractivity contribution is 0.102. The predicted octanol–water partition coefficient (Wildman–Crippen LogP) is 3.40. The van der Waals surface area contributed by atoms with Gasteiger partial charge in [0.15, 0.2) is 0 Å². The summed E-state index contributed by atoms with van der Waals surface area (Å²) in [5.41, 5.74) is 2.32. The first-order valence-corrected chi connectivity index (χ1v) is 8.07. The molecule has 2 heterocycles. The molecule has 0 aliphatic carbocycles. The standard InChI is InChI=1S/C16H17BrN4O/c1-11-4-5-13(8-14(11)17)20-15(22)12-9-18-16(19-10-12)21-6-2-3-7-21/h4-5,8-10H,2-3,6-7H2,1H3,(H,20,22). The molecule has 0 radical (unpaired) electrons. The summed E-state index contributed by atoms with van der Waals surface area (Å²) in [6, 6.07) is 5.71. The highest BCUT2D eigenvalue weighted by Gasteiger charge is 2.15. The summed E-state index contributed by atoms with van der Waals surface area (Å²) >= 11 is 3.46. The number of anilines is 2. The molecule has 6 heteroatoms. The van der Waals surface area contributed by atoms with E-state index in [9.17, 15) is 4.79 Å². The van der Waals surface area contributed by atoms with Gasteiger partial charge in [-0.3, -0.25) is 4.79 Å². The van der Waals surface area contributed by atoms with Crippen molar-refractivity contribution in [2.45, 2.75) is 19.8 Å². The predicted molar refractivity (Wildman–Crippen MR) is 90.3 cm³/mol. The number of benzene rings is 1. The molecule has 22 heavy (non-hydrogen) atoms. The van der Waals surface area contributed by atoms with E-state index in [-0.39, 0.29) is 5.91 Å². The fraction of sp³-hybridized carbons (Fsp3) is 0.312. The van der Waals surface area contributed by atoms with E-state index in [1.165, 1.54) is 12.8 Å². The first-order chi connectivity index (χ1) is 10.6. The summed E-state index contributed by atoms with van der Waals surface area (Å²) in [6.45, 7) is 3.98. The number of halogens is 1. The van der Waals surface area contributed by atoms with Gasteiger partial charge >= 0.3 is 0 Å². The molecule has 0 saturated carbocycles. The summed E-state index contributed by atoms with van der Waals surface area (Å²) in [5, 5.41) is 2.85. The lowest BCUT2D eigenvalue weighted by atomic mass is 10.2. The molecule has 1 aliphatic heterocycles. The van der Waals surface area contributed by atoms with Gasteiger partial charge in [-0.05, 0) is 37.5 Å². The molecule has 1 N–H and O–H groups in total. The Morgan fingerprint density at radius 3 is 2.55 bits per heavy atom. The van der Waals surface area contributed by atoms with Crippen LogP contribution in [-0.2, 0) is 0 Å². The molecule has 3 rings (SSSR count). The molecule has 1 amide bonds. The number of hydrogen-bond donors (Lipinski definition) is 1. The maximum Gasteiger partial charge on any atom is 0.258 e. The highest BCUT2D eigenvalue weighted by molar-refractivity contribution is 9.10. The number of nitrogens with one attached hydrogen (secondary N) is 1. The van der Waals surface area contributed by atoms with Crippen LogP contribution in [0.15, 0.2) is 35.1 Å². The Hall–Kier alpha value is -1.95. The highest BCUT2D eigenvalue weighted by Crippen LogP contribution is 2.21. The van der Waals surface area contributed by atoms with Crippen LogP contribution in [0.3, 0.4) is 0 Å².